The maximum absolute atomic E-state index is 12.3. The summed E-state index contributed by atoms with van der Waals surface area (Å²) in [4.78, 5) is 14.5. The van der Waals surface area contributed by atoms with Gasteiger partial charge in [-0.3, -0.25) is 9.69 Å². The van der Waals surface area contributed by atoms with Gasteiger partial charge in [0.1, 0.15) is 0 Å². The van der Waals surface area contributed by atoms with Crippen LogP contribution in [0.2, 0.25) is 0 Å². The Morgan fingerprint density at radius 1 is 1.43 bits per heavy atom. The Morgan fingerprint density at radius 3 is 2.71 bits per heavy atom. The number of benzene rings is 1. The quantitative estimate of drug-likeness (QED) is 0.923. The zero-order valence-corrected chi connectivity index (χ0v) is 12.7. The number of nitrogens with zero attached hydrogens (tertiary/aromatic N) is 2. The molecule has 1 aromatic rings. The van der Waals surface area contributed by atoms with Crippen molar-refractivity contribution in [3.63, 3.8) is 0 Å². The Morgan fingerprint density at radius 2 is 2.10 bits per heavy atom. The number of ether oxygens (including phenoxy) is 1. The fourth-order valence-electron chi connectivity index (χ4n) is 2.61. The van der Waals surface area contributed by atoms with E-state index >= 15 is 0 Å². The van der Waals surface area contributed by atoms with Crippen molar-refractivity contribution in [1.29, 1.82) is 5.26 Å². The van der Waals surface area contributed by atoms with Crippen LogP contribution in [0.3, 0.4) is 0 Å². The summed E-state index contributed by atoms with van der Waals surface area (Å²) in [7, 11) is 0. The Hall–Kier alpha value is -1.90. The fourth-order valence-corrected chi connectivity index (χ4v) is 2.61. The maximum Gasteiger partial charge on any atom is 0.241 e. The third-order valence-electron chi connectivity index (χ3n) is 3.63. The van der Waals surface area contributed by atoms with Crippen LogP contribution in [0.15, 0.2) is 24.3 Å². The molecule has 0 aromatic heterocycles. The summed E-state index contributed by atoms with van der Waals surface area (Å²) in [5.74, 6) is -0.0635. The van der Waals surface area contributed by atoms with E-state index in [1.165, 1.54) is 0 Å². The molecule has 1 amide bonds. The van der Waals surface area contributed by atoms with Crippen LogP contribution in [0, 0.1) is 11.3 Å². The molecule has 0 saturated carbocycles. The number of rotatable bonds is 3. The van der Waals surface area contributed by atoms with E-state index in [1.54, 1.807) is 24.3 Å². The molecule has 0 spiro atoms. The summed E-state index contributed by atoms with van der Waals surface area (Å²) in [6, 6.07) is 8.77. The molecule has 1 fully saturated rings. The highest BCUT2D eigenvalue weighted by Crippen LogP contribution is 2.16. The van der Waals surface area contributed by atoms with Crippen LogP contribution in [0.1, 0.15) is 26.3 Å². The minimum absolute atomic E-state index is 0.0635. The third-order valence-corrected chi connectivity index (χ3v) is 3.63. The number of carbonyl (C=O) groups is 1. The largest absolute Gasteiger partial charge is 0.373 e. The van der Waals surface area contributed by atoms with Gasteiger partial charge in [-0.15, -0.1) is 0 Å². The van der Waals surface area contributed by atoms with E-state index < -0.39 is 0 Å². The number of morpholine rings is 1. The molecule has 1 heterocycles. The first-order valence-corrected chi connectivity index (χ1v) is 7.20. The van der Waals surface area contributed by atoms with E-state index in [-0.39, 0.29) is 24.2 Å². The molecule has 21 heavy (non-hydrogen) atoms. The van der Waals surface area contributed by atoms with Gasteiger partial charge in [0.2, 0.25) is 5.91 Å². The molecule has 1 aromatic carbocycles. The Kier molecular flexibility index (Phi) is 4.94. The maximum atomic E-state index is 12.3. The highest BCUT2D eigenvalue weighted by Gasteiger charge is 2.29. The van der Waals surface area contributed by atoms with Crippen LogP contribution >= 0.6 is 0 Å². The lowest BCUT2D eigenvalue weighted by Crippen LogP contribution is -2.52. The van der Waals surface area contributed by atoms with E-state index in [2.05, 4.69) is 16.3 Å². The number of hydrogen-bond acceptors (Lipinski definition) is 4. The molecule has 0 radical (unpaired) electrons. The number of nitrogens with one attached hydrogen (secondary N) is 1. The van der Waals surface area contributed by atoms with Crippen molar-refractivity contribution < 1.29 is 9.53 Å². The smallest absolute Gasteiger partial charge is 0.241 e. The van der Waals surface area contributed by atoms with Crippen molar-refractivity contribution in [2.75, 3.05) is 18.4 Å². The van der Waals surface area contributed by atoms with Crippen LogP contribution in [0.4, 0.5) is 5.69 Å². The van der Waals surface area contributed by atoms with E-state index in [9.17, 15) is 4.79 Å². The Balaban J connectivity index is 2.00. The molecule has 5 heteroatoms. The molecule has 0 aliphatic carbocycles. The van der Waals surface area contributed by atoms with Crippen molar-refractivity contribution in [3.05, 3.63) is 29.8 Å². The first-order valence-electron chi connectivity index (χ1n) is 7.20. The summed E-state index contributed by atoms with van der Waals surface area (Å²) in [6.07, 6.45) is 0.261. The average Bonchev–Trinajstić information content (AvgIpc) is 2.45. The topological polar surface area (TPSA) is 65.4 Å². The molecule has 0 bridgehead atoms. The first-order chi connectivity index (χ1) is 9.99. The van der Waals surface area contributed by atoms with E-state index in [0.29, 0.717) is 11.3 Å². The van der Waals surface area contributed by atoms with Crippen molar-refractivity contribution in [2.24, 2.45) is 0 Å². The van der Waals surface area contributed by atoms with E-state index in [1.807, 2.05) is 20.8 Å². The van der Waals surface area contributed by atoms with Gasteiger partial charge in [0.15, 0.2) is 0 Å². The molecule has 1 N–H and O–H groups in total. The van der Waals surface area contributed by atoms with Gasteiger partial charge in [-0.1, -0.05) is 6.07 Å². The lowest BCUT2D eigenvalue weighted by Gasteiger charge is -2.38. The molecule has 2 rings (SSSR count). The SMILES string of the molecule is C[C@@H]1CN([C@@H](C)C(=O)Nc2cccc(C#N)c2)C[C@@H](C)O1. The monoisotopic (exact) mass is 287 g/mol. The summed E-state index contributed by atoms with van der Waals surface area (Å²) >= 11 is 0. The normalized spacial score (nSPS) is 24.1. The van der Waals surface area contributed by atoms with Gasteiger partial charge in [-0.25, -0.2) is 0 Å². The first kappa shape index (κ1) is 15.5. The van der Waals surface area contributed by atoms with Gasteiger partial charge >= 0.3 is 0 Å². The van der Waals surface area contributed by atoms with Crippen LogP contribution in [0.5, 0.6) is 0 Å². The molecule has 1 saturated heterocycles. The second-order valence-corrected chi connectivity index (χ2v) is 5.57. The average molecular weight is 287 g/mol. The summed E-state index contributed by atoms with van der Waals surface area (Å²) in [6.45, 7) is 7.43. The van der Waals surface area contributed by atoms with Crippen LogP contribution < -0.4 is 5.32 Å². The minimum Gasteiger partial charge on any atom is -0.373 e. The lowest BCUT2D eigenvalue weighted by atomic mass is 10.1. The molecule has 5 nitrogen and oxygen atoms in total. The standard InChI is InChI=1S/C16H21N3O2/c1-11-9-19(10-12(2)21-11)13(3)16(20)18-15-6-4-5-14(7-15)8-17/h4-7,11-13H,9-10H2,1-3H3,(H,18,20)/t11-,12-,13+/m1/s1. The van der Waals surface area contributed by atoms with Crippen molar-refractivity contribution in [1.82, 2.24) is 4.90 Å². The number of amides is 1. The molecule has 0 unspecified atom stereocenters. The zero-order valence-electron chi connectivity index (χ0n) is 12.7. The number of hydrogen-bond donors (Lipinski definition) is 1. The van der Waals surface area contributed by atoms with Gasteiger partial charge in [-0.05, 0) is 39.0 Å². The predicted octanol–water partition coefficient (Wildman–Crippen LogP) is 1.99. The third kappa shape index (κ3) is 4.03. The highest BCUT2D eigenvalue weighted by atomic mass is 16.5. The summed E-state index contributed by atoms with van der Waals surface area (Å²) in [5, 5.41) is 11.8. The fraction of sp³-hybridized carbons (Fsp3) is 0.500. The van der Waals surface area contributed by atoms with Gasteiger partial charge in [-0.2, -0.15) is 5.26 Å². The number of carbonyl (C=O) groups excluding carboxylic acids is 1. The Labute approximate surface area is 125 Å². The number of nitriles is 1. The van der Waals surface area contributed by atoms with Crippen molar-refractivity contribution in [3.8, 4) is 6.07 Å². The molecular formula is C16H21N3O2. The van der Waals surface area contributed by atoms with Crippen molar-refractivity contribution in [2.45, 2.75) is 39.0 Å². The van der Waals surface area contributed by atoms with Crippen molar-refractivity contribution >= 4 is 11.6 Å². The zero-order chi connectivity index (χ0) is 15.4. The second kappa shape index (κ2) is 6.70. The molecule has 1 aliphatic heterocycles. The predicted molar refractivity (Wildman–Crippen MR) is 80.8 cm³/mol. The van der Waals surface area contributed by atoms with Crippen LogP contribution in [-0.4, -0.2) is 42.1 Å². The van der Waals surface area contributed by atoms with E-state index in [0.717, 1.165) is 13.1 Å². The Bertz CT molecular complexity index is 543. The second-order valence-electron chi connectivity index (χ2n) is 5.57. The lowest BCUT2D eigenvalue weighted by molar-refractivity contribution is -0.126. The number of anilines is 1. The van der Waals surface area contributed by atoms with Gasteiger partial charge in [0.05, 0.1) is 29.9 Å². The molecule has 1 aliphatic rings. The van der Waals surface area contributed by atoms with Gasteiger partial charge in [0.25, 0.3) is 0 Å². The van der Waals surface area contributed by atoms with Gasteiger partial charge < -0.3 is 10.1 Å². The van der Waals surface area contributed by atoms with Crippen LogP contribution in [-0.2, 0) is 9.53 Å². The molecular weight excluding hydrogens is 266 g/mol. The van der Waals surface area contributed by atoms with Crippen LogP contribution in [0.25, 0.3) is 0 Å². The van der Waals surface area contributed by atoms with E-state index in [4.69, 9.17) is 10.00 Å². The summed E-state index contributed by atoms with van der Waals surface area (Å²) in [5.41, 5.74) is 1.19. The highest BCUT2D eigenvalue weighted by molar-refractivity contribution is 5.94. The minimum atomic E-state index is -0.232. The van der Waals surface area contributed by atoms with Gasteiger partial charge in [0, 0.05) is 18.8 Å². The summed E-state index contributed by atoms with van der Waals surface area (Å²) < 4.78 is 5.69. The molecule has 112 valence electrons. The molecule has 3 atom stereocenters.